The predicted molar refractivity (Wildman–Crippen MR) is 111 cm³/mol. The predicted octanol–water partition coefficient (Wildman–Crippen LogP) is 1.74. The Balaban J connectivity index is 1.50. The Labute approximate surface area is 165 Å². The van der Waals surface area contributed by atoms with Crippen molar-refractivity contribution in [3.05, 3.63) is 83.3 Å². The van der Waals surface area contributed by atoms with Crippen LogP contribution >= 0.6 is 0 Å². The Morgan fingerprint density at radius 3 is 2.32 bits per heavy atom. The van der Waals surface area contributed by atoms with E-state index in [-0.39, 0.29) is 11.6 Å². The molecular weight excluding hydrogens is 350 g/mol. The summed E-state index contributed by atoms with van der Waals surface area (Å²) in [5, 5.41) is 10.1. The lowest BCUT2D eigenvalue weighted by atomic mass is 10.1. The van der Waals surface area contributed by atoms with E-state index in [0.29, 0.717) is 23.3 Å². The number of aromatic hydroxyl groups is 1. The number of phenolic OH excluding ortho intramolecular Hbond substituents is 1. The van der Waals surface area contributed by atoms with Gasteiger partial charge in [-0.05, 0) is 30.2 Å². The molecule has 2 aromatic carbocycles. The van der Waals surface area contributed by atoms with Crippen LogP contribution in [0.4, 0.5) is 0 Å². The molecule has 0 radical (unpaired) electrons. The SMILES string of the molecule is NC(N)=C(/C=C(\N)c1ccccc1O)N1CC2CC1CN2Cc1ccccc1. The number of rotatable bonds is 5. The first kappa shape index (κ1) is 18.3. The van der Waals surface area contributed by atoms with E-state index in [1.165, 1.54) is 5.56 Å². The van der Waals surface area contributed by atoms with Gasteiger partial charge in [0.25, 0.3) is 0 Å². The molecule has 7 N–H and O–H groups in total. The van der Waals surface area contributed by atoms with Gasteiger partial charge >= 0.3 is 0 Å². The van der Waals surface area contributed by atoms with Gasteiger partial charge in [-0.15, -0.1) is 0 Å². The van der Waals surface area contributed by atoms with Gasteiger partial charge in [0.15, 0.2) is 0 Å². The van der Waals surface area contributed by atoms with Gasteiger partial charge in [-0.1, -0.05) is 42.5 Å². The quantitative estimate of drug-likeness (QED) is 0.592. The van der Waals surface area contributed by atoms with Gasteiger partial charge in [0.05, 0.1) is 5.70 Å². The van der Waals surface area contributed by atoms with Crippen molar-refractivity contribution in [2.24, 2.45) is 17.2 Å². The highest BCUT2D eigenvalue weighted by atomic mass is 16.3. The topological polar surface area (TPSA) is 105 Å². The average molecular weight is 377 g/mol. The van der Waals surface area contributed by atoms with E-state index in [1.807, 2.05) is 12.1 Å². The van der Waals surface area contributed by atoms with Crippen LogP contribution < -0.4 is 17.2 Å². The maximum atomic E-state index is 10.1. The summed E-state index contributed by atoms with van der Waals surface area (Å²) in [4.78, 5) is 4.78. The second-order valence-corrected chi connectivity index (χ2v) is 7.57. The fourth-order valence-corrected chi connectivity index (χ4v) is 4.33. The lowest BCUT2D eigenvalue weighted by Gasteiger charge is -2.36. The van der Waals surface area contributed by atoms with E-state index < -0.39 is 0 Å². The largest absolute Gasteiger partial charge is 0.507 e. The molecular formula is C22H27N5O. The van der Waals surface area contributed by atoms with E-state index in [1.54, 1.807) is 24.3 Å². The van der Waals surface area contributed by atoms with Crippen LogP contribution in [-0.2, 0) is 6.54 Å². The monoisotopic (exact) mass is 377 g/mol. The summed E-state index contributed by atoms with van der Waals surface area (Å²) in [6, 6.07) is 18.4. The van der Waals surface area contributed by atoms with Crippen LogP contribution in [0.2, 0.25) is 0 Å². The lowest BCUT2D eigenvalue weighted by molar-refractivity contribution is 0.150. The maximum absolute atomic E-state index is 10.1. The van der Waals surface area contributed by atoms with Crippen molar-refractivity contribution in [2.75, 3.05) is 13.1 Å². The van der Waals surface area contributed by atoms with E-state index in [9.17, 15) is 5.11 Å². The van der Waals surface area contributed by atoms with Crippen molar-refractivity contribution in [1.82, 2.24) is 9.80 Å². The molecule has 4 rings (SSSR count). The van der Waals surface area contributed by atoms with Crippen LogP contribution in [0.3, 0.4) is 0 Å². The first-order valence-electron chi connectivity index (χ1n) is 9.58. The van der Waals surface area contributed by atoms with E-state index in [0.717, 1.165) is 31.8 Å². The standard InChI is InChI=1S/C22H27N5O/c23-19(18-8-4-5-9-21(18)28)11-20(22(24)25)27-14-16-10-17(27)13-26(16)12-15-6-2-1-3-7-15/h1-9,11,16-17,28H,10,12-14,23-25H2/b19-11-. The van der Waals surface area contributed by atoms with Crippen LogP contribution in [0.25, 0.3) is 5.70 Å². The summed E-state index contributed by atoms with van der Waals surface area (Å²) < 4.78 is 0. The Morgan fingerprint density at radius 2 is 1.68 bits per heavy atom. The Morgan fingerprint density at radius 1 is 0.964 bits per heavy atom. The van der Waals surface area contributed by atoms with Crippen LogP contribution in [0.15, 0.2) is 72.2 Å². The highest BCUT2D eigenvalue weighted by molar-refractivity contribution is 5.70. The molecule has 0 aromatic heterocycles. The number of hydrogen-bond donors (Lipinski definition) is 4. The molecule has 2 aromatic rings. The van der Waals surface area contributed by atoms with Gasteiger partial charge in [0.2, 0.25) is 0 Å². The van der Waals surface area contributed by atoms with Crippen molar-refractivity contribution in [3.8, 4) is 5.75 Å². The number of hydrogen-bond acceptors (Lipinski definition) is 6. The summed E-state index contributed by atoms with van der Waals surface area (Å²) in [6.07, 6.45) is 2.88. The zero-order valence-electron chi connectivity index (χ0n) is 15.8. The normalized spacial score (nSPS) is 21.9. The number of piperazine rings is 1. The van der Waals surface area contributed by atoms with E-state index in [2.05, 4.69) is 34.1 Å². The molecule has 2 heterocycles. The maximum Gasteiger partial charge on any atom is 0.124 e. The molecule has 0 amide bonds. The molecule has 28 heavy (non-hydrogen) atoms. The van der Waals surface area contributed by atoms with Crippen molar-refractivity contribution in [1.29, 1.82) is 0 Å². The first-order chi connectivity index (χ1) is 13.5. The third-order valence-corrected chi connectivity index (χ3v) is 5.69. The molecule has 2 unspecified atom stereocenters. The number of nitrogens with two attached hydrogens (primary N) is 3. The van der Waals surface area contributed by atoms with Crippen molar-refractivity contribution < 1.29 is 5.11 Å². The molecule has 2 aliphatic rings. The average Bonchev–Trinajstić information content (AvgIpc) is 3.27. The third-order valence-electron chi connectivity index (χ3n) is 5.69. The highest BCUT2D eigenvalue weighted by Gasteiger charge is 2.43. The van der Waals surface area contributed by atoms with Gasteiger partial charge in [-0.2, -0.15) is 0 Å². The lowest BCUT2D eigenvalue weighted by Crippen LogP contribution is -2.46. The molecule has 6 nitrogen and oxygen atoms in total. The Kier molecular flexibility index (Phi) is 4.88. The molecule has 2 fully saturated rings. The van der Waals surface area contributed by atoms with Gasteiger partial charge in [0, 0.05) is 43.0 Å². The summed E-state index contributed by atoms with van der Waals surface area (Å²) in [7, 11) is 0. The number of allylic oxidation sites excluding steroid dienone is 1. The number of benzene rings is 2. The fraction of sp³-hybridized carbons (Fsp3) is 0.273. The van der Waals surface area contributed by atoms with Crippen LogP contribution in [0, 0.1) is 0 Å². The first-order valence-corrected chi connectivity index (χ1v) is 9.58. The van der Waals surface area contributed by atoms with Crippen LogP contribution in [0.5, 0.6) is 5.75 Å². The number of para-hydroxylation sites is 1. The number of fused-ring (bicyclic) bond motifs is 2. The second-order valence-electron chi connectivity index (χ2n) is 7.57. The van der Waals surface area contributed by atoms with Crippen molar-refractivity contribution in [3.63, 3.8) is 0 Å². The summed E-state index contributed by atoms with van der Waals surface area (Å²) in [6.45, 7) is 2.80. The van der Waals surface area contributed by atoms with Crippen LogP contribution in [-0.4, -0.2) is 40.1 Å². The number of nitrogens with zero attached hydrogens (tertiary/aromatic N) is 2. The zero-order chi connectivity index (χ0) is 19.7. The number of phenols is 1. The fourth-order valence-electron chi connectivity index (χ4n) is 4.33. The molecule has 2 saturated heterocycles. The summed E-state index contributed by atoms with van der Waals surface area (Å²) in [5.41, 5.74) is 21.4. The zero-order valence-corrected chi connectivity index (χ0v) is 15.8. The minimum atomic E-state index is 0.142. The summed E-state index contributed by atoms with van der Waals surface area (Å²) in [5.74, 6) is 0.392. The molecule has 0 spiro atoms. The Hall–Kier alpha value is -3.12. The van der Waals surface area contributed by atoms with Gasteiger partial charge in [-0.3, -0.25) is 4.90 Å². The summed E-state index contributed by atoms with van der Waals surface area (Å²) >= 11 is 0. The smallest absolute Gasteiger partial charge is 0.124 e. The van der Waals surface area contributed by atoms with Gasteiger partial charge in [0.1, 0.15) is 11.6 Å². The molecule has 2 atom stereocenters. The third kappa shape index (κ3) is 3.51. The van der Waals surface area contributed by atoms with Gasteiger partial charge in [-0.25, -0.2) is 0 Å². The number of likely N-dealkylation sites (tertiary alicyclic amines) is 2. The van der Waals surface area contributed by atoms with Crippen molar-refractivity contribution >= 4 is 5.70 Å². The van der Waals surface area contributed by atoms with Gasteiger partial charge < -0.3 is 27.2 Å². The second kappa shape index (κ2) is 7.48. The minimum Gasteiger partial charge on any atom is -0.507 e. The highest BCUT2D eigenvalue weighted by Crippen LogP contribution is 2.35. The molecule has 6 heteroatoms. The molecule has 146 valence electrons. The molecule has 0 aliphatic carbocycles. The molecule has 0 saturated carbocycles. The van der Waals surface area contributed by atoms with E-state index in [4.69, 9.17) is 17.2 Å². The molecule has 2 bridgehead atoms. The van der Waals surface area contributed by atoms with E-state index >= 15 is 0 Å². The van der Waals surface area contributed by atoms with Crippen molar-refractivity contribution in [2.45, 2.75) is 25.0 Å². The Bertz CT molecular complexity index is 904. The molecule has 2 aliphatic heterocycles. The minimum absolute atomic E-state index is 0.142. The van der Waals surface area contributed by atoms with Crippen LogP contribution in [0.1, 0.15) is 17.5 Å².